The van der Waals surface area contributed by atoms with Crippen LogP contribution in [0.5, 0.6) is 0 Å². The fourth-order valence-electron chi connectivity index (χ4n) is 3.37. The number of aliphatic hydroxyl groups excluding tert-OH is 1. The third-order valence-electron chi connectivity index (χ3n) is 4.59. The summed E-state index contributed by atoms with van der Waals surface area (Å²) < 4.78 is 6.12. The minimum atomic E-state index is -0.0944. The fraction of sp³-hybridized carbons (Fsp3) is 0.733. The minimum absolute atomic E-state index is 0.0325. The zero-order valence-corrected chi connectivity index (χ0v) is 11.4. The predicted molar refractivity (Wildman–Crippen MR) is 69.8 cm³/mol. The molecule has 1 saturated carbocycles. The standard InChI is InChI=1S/C15H24O2/c1-12(7-11-16)6-10-15-13(2,3)8-5-9-14(15,4)17-15/h6-7,10,16H,5,8-9,11H2,1-4H3/b10-6+,12-7-. The molecule has 2 fully saturated rings. The van der Waals surface area contributed by atoms with E-state index in [0.29, 0.717) is 0 Å². The van der Waals surface area contributed by atoms with E-state index in [2.05, 4.69) is 32.9 Å². The van der Waals surface area contributed by atoms with Gasteiger partial charge in [0.1, 0.15) is 5.60 Å². The Bertz CT molecular complexity index is 367. The number of rotatable bonds is 3. The second kappa shape index (κ2) is 3.96. The number of hydrogen-bond acceptors (Lipinski definition) is 2. The molecule has 1 heterocycles. The van der Waals surface area contributed by atoms with E-state index in [1.54, 1.807) is 0 Å². The Morgan fingerprint density at radius 1 is 1.29 bits per heavy atom. The Balaban J connectivity index is 2.22. The molecule has 0 radical (unpaired) electrons. The van der Waals surface area contributed by atoms with Crippen LogP contribution in [0.25, 0.3) is 0 Å². The summed E-state index contributed by atoms with van der Waals surface area (Å²) in [5.41, 5.74) is 1.24. The van der Waals surface area contributed by atoms with Gasteiger partial charge < -0.3 is 9.84 Å². The average Bonchev–Trinajstić information content (AvgIpc) is 2.84. The van der Waals surface area contributed by atoms with Crippen molar-refractivity contribution in [2.75, 3.05) is 6.61 Å². The van der Waals surface area contributed by atoms with Gasteiger partial charge in [-0.25, -0.2) is 0 Å². The lowest BCUT2D eigenvalue weighted by Gasteiger charge is -2.36. The molecule has 0 bridgehead atoms. The van der Waals surface area contributed by atoms with Crippen molar-refractivity contribution >= 4 is 0 Å². The molecule has 0 spiro atoms. The molecule has 2 atom stereocenters. The molecule has 2 heteroatoms. The Kier molecular flexibility index (Phi) is 2.99. The van der Waals surface area contributed by atoms with Crippen molar-refractivity contribution in [2.24, 2.45) is 5.41 Å². The van der Waals surface area contributed by atoms with Crippen molar-refractivity contribution in [3.8, 4) is 0 Å². The highest BCUT2D eigenvalue weighted by molar-refractivity contribution is 5.34. The third kappa shape index (κ3) is 1.88. The van der Waals surface area contributed by atoms with Crippen LogP contribution in [0.4, 0.5) is 0 Å². The molecule has 96 valence electrons. The van der Waals surface area contributed by atoms with Crippen molar-refractivity contribution in [1.82, 2.24) is 0 Å². The van der Waals surface area contributed by atoms with E-state index in [1.165, 1.54) is 12.8 Å². The first-order valence-corrected chi connectivity index (χ1v) is 6.54. The maximum Gasteiger partial charge on any atom is 0.121 e. The maximum absolute atomic E-state index is 8.86. The van der Waals surface area contributed by atoms with Gasteiger partial charge in [-0.05, 0) is 39.2 Å². The van der Waals surface area contributed by atoms with E-state index < -0.39 is 0 Å². The van der Waals surface area contributed by atoms with Crippen LogP contribution >= 0.6 is 0 Å². The van der Waals surface area contributed by atoms with Crippen molar-refractivity contribution in [3.05, 3.63) is 23.8 Å². The van der Waals surface area contributed by atoms with Crippen molar-refractivity contribution in [3.63, 3.8) is 0 Å². The first-order chi connectivity index (χ1) is 7.87. The zero-order valence-electron chi connectivity index (χ0n) is 11.4. The van der Waals surface area contributed by atoms with Gasteiger partial charge in [-0.2, -0.15) is 0 Å². The second-order valence-corrected chi connectivity index (χ2v) is 6.27. The molecule has 0 aromatic rings. The molecule has 2 unspecified atom stereocenters. The zero-order chi connectivity index (χ0) is 12.7. The van der Waals surface area contributed by atoms with Gasteiger partial charge in [0.05, 0.1) is 12.2 Å². The molecule has 0 amide bonds. The van der Waals surface area contributed by atoms with E-state index in [9.17, 15) is 0 Å². The molecule has 1 saturated heterocycles. The monoisotopic (exact) mass is 236 g/mol. The highest BCUT2D eigenvalue weighted by Crippen LogP contribution is 2.66. The Morgan fingerprint density at radius 3 is 2.59 bits per heavy atom. The number of aliphatic hydroxyl groups is 1. The summed E-state index contributed by atoms with van der Waals surface area (Å²) in [7, 11) is 0. The number of hydrogen-bond donors (Lipinski definition) is 1. The number of epoxide rings is 1. The van der Waals surface area contributed by atoms with Gasteiger partial charge >= 0.3 is 0 Å². The van der Waals surface area contributed by atoms with Gasteiger partial charge in [-0.15, -0.1) is 0 Å². The first-order valence-electron chi connectivity index (χ1n) is 6.54. The number of fused-ring (bicyclic) bond motifs is 1. The summed E-state index contributed by atoms with van der Waals surface area (Å²) in [6.45, 7) is 8.94. The summed E-state index contributed by atoms with van der Waals surface area (Å²) in [5, 5.41) is 8.86. The summed E-state index contributed by atoms with van der Waals surface area (Å²) >= 11 is 0. The number of ether oxygens (including phenoxy) is 1. The number of allylic oxidation sites excluding steroid dienone is 2. The second-order valence-electron chi connectivity index (χ2n) is 6.27. The van der Waals surface area contributed by atoms with Gasteiger partial charge in [0, 0.05) is 5.41 Å². The van der Waals surface area contributed by atoms with Crippen LogP contribution in [0.1, 0.15) is 47.0 Å². The molecule has 0 aromatic heterocycles. The van der Waals surface area contributed by atoms with Crippen LogP contribution in [0.3, 0.4) is 0 Å². The fourth-order valence-corrected chi connectivity index (χ4v) is 3.37. The van der Waals surface area contributed by atoms with Gasteiger partial charge in [-0.3, -0.25) is 0 Å². The molecule has 2 nitrogen and oxygen atoms in total. The van der Waals surface area contributed by atoms with Crippen LogP contribution in [0.15, 0.2) is 23.8 Å². The topological polar surface area (TPSA) is 32.8 Å². The van der Waals surface area contributed by atoms with Crippen LogP contribution in [-0.4, -0.2) is 22.9 Å². The molecule has 17 heavy (non-hydrogen) atoms. The lowest BCUT2D eigenvalue weighted by Crippen LogP contribution is -2.41. The van der Waals surface area contributed by atoms with Crippen molar-refractivity contribution < 1.29 is 9.84 Å². The molecular formula is C15H24O2. The SMILES string of the molecule is CC(=C/CO)/C=C/C12OC1(C)CCCC2(C)C. The largest absolute Gasteiger partial charge is 0.392 e. The average molecular weight is 236 g/mol. The molecular weight excluding hydrogens is 212 g/mol. The van der Waals surface area contributed by atoms with Crippen LogP contribution in [0, 0.1) is 5.41 Å². The molecule has 2 rings (SSSR count). The van der Waals surface area contributed by atoms with Gasteiger partial charge in [0.25, 0.3) is 0 Å². The third-order valence-corrected chi connectivity index (χ3v) is 4.59. The van der Waals surface area contributed by atoms with E-state index in [1.807, 2.05) is 13.0 Å². The molecule has 2 aliphatic rings. The summed E-state index contributed by atoms with van der Waals surface area (Å²) in [6, 6.07) is 0. The van der Waals surface area contributed by atoms with E-state index in [0.717, 1.165) is 12.0 Å². The van der Waals surface area contributed by atoms with Crippen LogP contribution in [0.2, 0.25) is 0 Å². The van der Waals surface area contributed by atoms with E-state index in [-0.39, 0.29) is 23.2 Å². The summed E-state index contributed by atoms with van der Waals surface area (Å²) in [6.07, 6.45) is 9.76. The quantitative estimate of drug-likeness (QED) is 0.603. The lowest BCUT2D eigenvalue weighted by molar-refractivity contribution is 0.165. The Labute approximate surface area is 104 Å². The Hall–Kier alpha value is -0.600. The van der Waals surface area contributed by atoms with Gasteiger partial charge in [0.2, 0.25) is 0 Å². The summed E-state index contributed by atoms with van der Waals surface area (Å²) in [4.78, 5) is 0. The minimum Gasteiger partial charge on any atom is -0.392 e. The molecule has 1 aliphatic carbocycles. The van der Waals surface area contributed by atoms with Crippen molar-refractivity contribution in [1.29, 1.82) is 0 Å². The smallest absolute Gasteiger partial charge is 0.121 e. The van der Waals surface area contributed by atoms with E-state index in [4.69, 9.17) is 9.84 Å². The van der Waals surface area contributed by atoms with Gasteiger partial charge in [0.15, 0.2) is 0 Å². The molecule has 1 N–H and O–H groups in total. The van der Waals surface area contributed by atoms with E-state index >= 15 is 0 Å². The Morgan fingerprint density at radius 2 is 2.00 bits per heavy atom. The highest BCUT2D eigenvalue weighted by atomic mass is 16.6. The predicted octanol–water partition coefficient (Wildman–Crippen LogP) is 3.22. The first kappa shape index (κ1) is 12.8. The van der Waals surface area contributed by atoms with Crippen LogP contribution in [-0.2, 0) is 4.74 Å². The van der Waals surface area contributed by atoms with Crippen molar-refractivity contribution in [2.45, 2.75) is 58.2 Å². The normalized spacial score (nSPS) is 40.4. The van der Waals surface area contributed by atoms with Crippen LogP contribution < -0.4 is 0 Å². The molecule has 0 aromatic carbocycles. The lowest BCUT2D eigenvalue weighted by atomic mass is 9.64. The molecule has 1 aliphatic heterocycles. The maximum atomic E-state index is 8.86. The van der Waals surface area contributed by atoms with Gasteiger partial charge in [-0.1, -0.05) is 31.6 Å². The highest BCUT2D eigenvalue weighted by Gasteiger charge is 2.72. The summed E-state index contributed by atoms with van der Waals surface area (Å²) in [5.74, 6) is 0.